The largest absolute Gasteiger partial charge is 0.495 e. The Bertz CT molecular complexity index is 687. The van der Waals surface area contributed by atoms with Crippen LogP contribution in [0.2, 0.25) is 5.02 Å². The Kier molecular flexibility index (Phi) is 6.90. The van der Waals surface area contributed by atoms with E-state index in [0.29, 0.717) is 36.5 Å². The third kappa shape index (κ3) is 5.44. The summed E-state index contributed by atoms with van der Waals surface area (Å²) in [5.41, 5.74) is 8.89. The van der Waals surface area contributed by atoms with Crippen molar-refractivity contribution in [3.05, 3.63) is 58.6 Å². The second-order valence-corrected chi connectivity index (χ2v) is 5.54. The van der Waals surface area contributed by atoms with Crippen molar-refractivity contribution in [3.63, 3.8) is 0 Å². The molecule has 3 N–H and O–H groups in total. The maximum absolute atomic E-state index is 6.08. The molecule has 0 bridgehead atoms. The van der Waals surface area contributed by atoms with Crippen molar-refractivity contribution in [2.75, 3.05) is 19.0 Å². The molecule has 5 nitrogen and oxygen atoms in total. The van der Waals surface area contributed by atoms with Crippen LogP contribution in [0.1, 0.15) is 18.1 Å². The molecule has 0 heterocycles. The predicted molar refractivity (Wildman–Crippen MR) is 98.7 cm³/mol. The number of aliphatic imine (C=N–C) groups is 1. The van der Waals surface area contributed by atoms with Crippen LogP contribution in [0.4, 0.5) is 5.69 Å². The van der Waals surface area contributed by atoms with Gasteiger partial charge >= 0.3 is 0 Å². The van der Waals surface area contributed by atoms with Gasteiger partial charge in [-0.25, -0.2) is 4.99 Å². The van der Waals surface area contributed by atoms with Crippen molar-refractivity contribution in [1.29, 1.82) is 0 Å². The van der Waals surface area contributed by atoms with E-state index in [1.807, 2.05) is 37.3 Å². The SMILES string of the molecule is CCOCc1ccc(CN=C(N)Nc2ccc(OC)c(Cl)c2)cc1. The Hall–Kier alpha value is -2.24. The summed E-state index contributed by atoms with van der Waals surface area (Å²) < 4.78 is 10.5. The molecule has 0 atom stereocenters. The van der Waals surface area contributed by atoms with E-state index in [9.17, 15) is 0 Å². The van der Waals surface area contributed by atoms with Crippen molar-refractivity contribution in [3.8, 4) is 5.75 Å². The van der Waals surface area contributed by atoms with Crippen LogP contribution in [0, 0.1) is 0 Å². The number of benzene rings is 2. The lowest BCUT2D eigenvalue weighted by Crippen LogP contribution is -2.22. The lowest BCUT2D eigenvalue weighted by Gasteiger charge is -2.08. The Labute approximate surface area is 147 Å². The fourth-order valence-electron chi connectivity index (χ4n) is 2.07. The molecule has 0 unspecified atom stereocenters. The van der Waals surface area contributed by atoms with Crippen LogP contribution in [0.25, 0.3) is 0 Å². The van der Waals surface area contributed by atoms with Crippen LogP contribution in [0.5, 0.6) is 5.75 Å². The molecular formula is C18H22ClN3O2. The third-order valence-electron chi connectivity index (χ3n) is 3.35. The van der Waals surface area contributed by atoms with Crippen LogP contribution in [0.3, 0.4) is 0 Å². The summed E-state index contributed by atoms with van der Waals surface area (Å²) in [6, 6.07) is 13.5. The number of hydrogen-bond donors (Lipinski definition) is 2. The summed E-state index contributed by atoms with van der Waals surface area (Å²) in [5.74, 6) is 0.944. The number of ether oxygens (including phenoxy) is 2. The standard InChI is InChI=1S/C18H22ClN3O2/c1-3-24-12-14-6-4-13(5-7-14)11-21-18(20)22-15-8-9-17(23-2)16(19)10-15/h4-10H,3,11-12H2,1-2H3,(H3,20,21,22). The number of nitrogens with one attached hydrogen (secondary N) is 1. The maximum atomic E-state index is 6.08. The molecule has 0 aromatic heterocycles. The monoisotopic (exact) mass is 347 g/mol. The van der Waals surface area contributed by atoms with E-state index in [-0.39, 0.29) is 0 Å². The van der Waals surface area contributed by atoms with Gasteiger partial charge in [-0.15, -0.1) is 0 Å². The van der Waals surface area contributed by atoms with Crippen LogP contribution >= 0.6 is 11.6 Å². The predicted octanol–water partition coefficient (Wildman–Crippen LogP) is 3.81. The molecule has 0 fully saturated rings. The first-order valence-corrected chi connectivity index (χ1v) is 8.06. The van der Waals surface area contributed by atoms with Crippen LogP contribution in [0.15, 0.2) is 47.5 Å². The summed E-state index contributed by atoms with van der Waals surface area (Å²) in [6.45, 7) is 3.82. The normalized spacial score (nSPS) is 11.4. The number of rotatable bonds is 7. The van der Waals surface area contributed by atoms with Crippen molar-refractivity contribution < 1.29 is 9.47 Å². The van der Waals surface area contributed by atoms with E-state index >= 15 is 0 Å². The smallest absolute Gasteiger partial charge is 0.193 e. The molecule has 0 radical (unpaired) electrons. The average Bonchev–Trinajstić information content (AvgIpc) is 2.59. The van der Waals surface area contributed by atoms with Gasteiger partial charge in [-0.2, -0.15) is 0 Å². The van der Waals surface area contributed by atoms with Gasteiger partial charge in [-0.3, -0.25) is 0 Å². The lowest BCUT2D eigenvalue weighted by atomic mass is 10.1. The summed E-state index contributed by atoms with van der Waals surface area (Å²) in [7, 11) is 1.57. The summed E-state index contributed by atoms with van der Waals surface area (Å²) in [5, 5.41) is 3.53. The van der Waals surface area contributed by atoms with E-state index in [2.05, 4.69) is 10.3 Å². The van der Waals surface area contributed by atoms with Gasteiger partial charge in [0, 0.05) is 12.3 Å². The molecule has 0 aliphatic carbocycles. The quantitative estimate of drug-likeness (QED) is 0.590. The Balaban J connectivity index is 1.92. The minimum atomic E-state index is 0.328. The highest BCUT2D eigenvalue weighted by Gasteiger charge is 2.02. The van der Waals surface area contributed by atoms with Gasteiger partial charge in [-0.1, -0.05) is 35.9 Å². The van der Waals surface area contributed by atoms with Crippen LogP contribution < -0.4 is 15.8 Å². The molecule has 0 amide bonds. The van der Waals surface area contributed by atoms with Gasteiger partial charge in [0.2, 0.25) is 0 Å². The number of anilines is 1. The van der Waals surface area contributed by atoms with Crippen molar-refractivity contribution in [2.45, 2.75) is 20.1 Å². The molecule has 24 heavy (non-hydrogen) atoms. The molecule has 0 saturated carbocycles. The van der Waals surface area contributed by atoms with Gasteiger partial charge in [0.15, 0.2) is 5.96 Å². The van der Waals surface area contributed by atoms with E-state index in [4.69, 9.17) is 26.8 Å². The minimum absolute atomic E-state index is 0.328. The third-order valence-corrected chi connectivity index (χ3v) is 3.65. The lowest BCUT2D eigenvalue weighted by molar-refractivity contribution is 0.134. The molecule has 2 aromatic carbocycles. The molecular weight excluding hydrogens is 326 g/mol. The first kappa shape index (κ1) is 18.1. The Morgan fingerprint density at radius 1 is 1.17 bits per heavy atom. The maximum Gasteiger partial charge on any atom is 0.193 e. The van der Waals surface area contributed by atoms with Gasteiger partial charge < -0.3 is 20.5 Å². The van der Waals surface area contributed by atoms with Crippen molar-refractivity contribution >= 4 is 23.2 Å². The van der Waals surface area contributed by atoms with E-state index in [1.54, 1.807) is 19.2 Å². The Morgan fingerprint density at radius 2 is 1.88 bits per heavy atom. The number of guanidine groups is 1. The van der Waals surface area contributed by atoms with E-state index in [0.717, 1.165) is 16.8 Å². The summed E-state index contributed by atoms with van der Waals surface area (Å²) >= 11 is 6.08. The molecule has 0 aliphatic heterocycles. The van der Waals surface area contributed by atoms with Gasteiger partial charge in [0.25, 0.3) is 0 Å². The second-order valence-electron chi connectivity index (χ2n) is 5.13. The zero-order valence-electron chi connectivity index (χ0n) is 13.9. The zero-order valence-corrected chi connectivity index (χ0v) is 14.6. The number of hydrogen-bond acceptors (Lipinski definition) is 3. The molecule has 0 aliphatic rings. The van der Waals surface area contributed by atoms with E-state index < -0.39 is 0 Å². The number of nitrogens with zero attached hydrogens (tertiary/aromatic N) is 1. The highest BCUT2D eigenvalue weighted by atomic mass is 35.5. The highest BCUT2D eigenvalue weighted by molar-refractivity contribution is 6.32. The summed E-state index contributed by atoms with van der Waals surface area (Å²) in [6.07, 6.45) is 0. The molecule has 2 rings (SSSR count). The average molecular weight is 348 g/mol. The molecule has 0 spiro atoms. The number of halogens is 1. The van der Waals surface area contributed by atoms with Crippen molar-refractivity contribution in [1.82, 2.24) is 0 Å². The van der Waals surface area contributed by atoms with E-state index in [1.165, 1.54) is 0 Å². The zero-order chi connectivity index (χ0) is 17.4. The molecule has 128 valence electrons. The van der Waals surface area contributed by atoms with Crippen LogP contribution in [-0.4, -0.2) is 19.7 Å². The van der Waals surface area contributed by atoms with Crippen LogP contribution in [-0.2, 0) is 17.9 Å². The topological polar surface area (TPSA) is 68.9 Å². The summed E-state index contributed by atoms with van der Waals surface area (Å²) in [4.78, 5) is 4.33. The second kappa shape index (κ2) is 9.15. The first-order chi connectivity index (χ1) is 11.6. The number of methoxy groups -OCH3 is 1. The molecule has 2 aromatic rings. The highest BCUT2D eigenvalue weighted by Crippen LogP contribution is 2.27. The van der Waals surface area contributed by atoms with Crippen molar-refractivity contribution in [2.24, 2.45) is 10.7 Å². The first-order valence-electron chi connectivity index (χ1n) is 7.68. The fraction of sp³-hybridized carbons (Fsp3) is 0.278. The van der Waals surface area contributed by atoms with Gasteiger partial charge in [0.1, 0.15) is 5.75 Å². The number of nitrogens with two attached hydrogens (primary N) is 1. The van der Waals surface area contributed by atoms with Gasteiger partial charge in [0.05, 0.1) is 25.3 Å². The molecule has 0 saturated heterocycles. The molecule has 6 heteroatoms. The Morgan fingerprint density at radius 3 is 2.50 bits per heavy atom. The fourth-order valence-corrected chi connectivity index (χ4v) is 2.33. The minimum Gasteiger partial charge on any atom is -0.495 e. The van der Waals surface area contributed by atoms with Gasteiger partial charge in [-0.05, 0) is 36.2 Å².